The van der Waals surface area contributed by atoms with Crippen molar-refractivity contribution in [2.75, 3.05) is 5.32 Å². The number of nitrogens with zero attached hydrogens (tertiary/aromatic N) is 2. The molecule has 19 heavy (non-hydrogen) atoms. The quantitative estimate of drug-likeness (QED) is 0.762. The molecule has 0 spiro atoms. The second kappa shape index (κ2) is 4.66. The number of aryl methyl sites for hydroxylation is 2. The molecule has 1 unspecified atom stereocenters. The molecule has 0 bridgehead atoms. The van der Waals surface area contributed by atoms with Crippen molar-refractivity contribution in [3.8, 4) is 0 Å². The molecule has 0 aliphatic heterocycles. The maximum absolute atomic E-state index is 4.60. The van der Waals surface area contributed by atoms with Gasteiger partial charge in [0, 0.05) is 16.0 Å². The van der Waals surface area contributed by atoms with Gasteiger partial charge < -0.3 is 5.32 Å². The number of thiazole rings is 1. The van der Waals surface area contributed by atoms with Gasteiger partial charge in [-0.25, -0.2) is 4.98 Å². The van der Waals surface area contributed by atoms with Gasteiger partial charge in [0.2, 0.25) is 0 Å². The van der Waals surface area contributed by atoms with Gasteiger partial charge in [0.25, 0.3) is 0 Å². The highest BCUT2D eigenvalue weighted by Crippen LogP contribution is 2.26. The average molecular weight is 272 g/mol. The highest BCUT2D eigenvalue weighted by Gasteiger charge is 2.13. The summed E-state index contributed by atoms with van der Waals surface area (Å²) >= 11 is 1.75. The molecular weight excluding hydrogens is 256 g/mol. The molecule has 4 nitrogen and oxygen atoms in total. The van der Waals surface area contributed by atoms with Crippen molar-refractivity contribution >= 4 is 27.9 Å². The summed E-state index contributed by atoms with van der Waals surface area (Å²) in [5.41, 5.74) is 3.28. The molecule has 0 aliphatic carbocycles. The second-order valence-electron chi connectivity index (χ2n) is 4.71. The lowest BCUT2D eigenvalue weighted by Gasteiger charge is -2.14. The number of aromatic nitrogens is 3. The summed E-state index contributed by atoms with van der Waals surface area (Å²) in [6.07, 6.45) is 1.84. The molecular formula is C14H16N4S. The molecule has 5 heteroatoms. The number of fused-ring (bicyclic) bond motifs is 1. The number of hydrogen-bond acceptors (Lipinski definition) is 4. The number of benzene rings is 1. The molecule has 0 radical (unpaired) electrons. The molecule has 0 aliphatic rings. The summed E-state index contributed by atoms with van der Waals surface area (Å²) in [7, 11) is 0. The summed E-state index contributed by atoms with van der Waals surface area (Å²) in [4.78, 5) is 5.88. The van der Waals surface area contributed by atoms with Gasteiger partial charge in [0.1, 0.15) is 0 Å². The van der Waals surface area contributed by atoms with E-state index in [1.165, 1.54) is 4.88 Å². The fraction of sp³-hybridized carbons (Fsp3) is 0.286. The Morgan fingerprint density at radius 1 is 1.32 bits per heavy atom. The zero-order chi connectivity index (χ0) is 13.4. The zero-order valence-electron chi connectivity index (χ0n) is 11.2. The molecule has 0 saturated carbocycles. The first-order chi connectivity index (χ1) is 9.13. The third kappa shape index (κ3) is 2.33. The normalized spacial score (nSPS) is 12.8. The lowest BCUT2D eigenvalue weighted by molar-refractivity contribution is 0.837. The molecule has 2 aromatic heterocycles. The van der Waals surface area contributed by atoms with Crippen LogP contribution in [0.1, 0.15) is 28.5 Å². The monoisotopic (exact) mass is 272 g/mol. The maximum Gasteiger partial charge on any atom is 0.0901 e. The number of nitrogens with one attached hydrogen (secondary N) is 2. The number of aromatic amines is 1. The van der Waals surface area contributed by atoms with E-state index in [1.807, 2.05) is 19.2 Å². The van der Waals surface area contributed by atoms with E-state index in [0.717, 1.165) is 27.3 Å². The van der Waals surface area contributed by atoms with Gasteiger partial charge in [-0.3, -0.25) is 5.10 Å². The maximum atomic E-state index is 4.60. The zero-order valence-corrected chi connectivity index (χ0v) is 12.0. The number of anilines is 1. The van der Waals surface area contributed by atoms with Crippen LogP contribution in [0.15, 0.2) is 24.4 Å². The van der Waals surface area contributed by atoms with Crippen molar-refractivity contribution in [1.29, 1.82) is 0 Å². The van der Waals surface area contributed by atoms with E-state index < -0.39 is 0 Å². The predicted molar refractivity (Wildman–Crippen MR) is 79.7 cm³/mol. The SMILES string of the molecule is Cc1nc(C(C)Nc2ccc3[nH]ncc3c2)c(C)s1. The van der Waals surface area contributed by atoms with E-state index >= 15 is 0 Å². The highest BCUT2D eigenvalue weighted by atomic mass is 32.1. The predicted octanol–water partition coefficient (Wildman–Crippen LogP) is 3.81. The van der Waals surface area contributed by atoms with Crippen molar-refractivity contribution in [2.24, 2.45) is 0 Å². The molecule has 2 heterocycles. The van der Waals surface area contributed by atoms with Crippen LogP contribution in [0.25, 0.3) is 10.9 Å². The van der Waals surface area contributed by atoms with Gasteiger partial charge >= 0.3 is 0 Å². The molecule has 1 atom stereocenters. The van der Waals surface area contributed by atoms with Crippen molar-refractivity contribution in [3.05, 3.63) is 40.0 Å². The van der Waals surface area contributed by atoms with Crippen LogP contribution < -0.4 is 5.32 Å². The van der Waals surface area contributed by atoms with Crippen LogP contribution in [-0.4, -0.2) is 15.2 Å². The van der Waals surface area contributed by atoms with Gasteiger partial charge in [0.05, 0.1) is 28.5 Å². The highest BCUT2D eigenvalue weighted by molar-refractivity contribution is 7.11. The summed E-state index contributed by atoms with van der Waals surface area (Å²) < 4.78 is 0. The minimum absolute atomic E-state index is 0.203. The fourth-order valence-corrected chi connectivity index (χ4v) is 3.21. The van der Waals surface area contributed by atoms with Crippen LogP contribution in [0.4, 0.5) is 5.69 Å². The first-order valence-electron chi connectivity index (χ1n) is 6.27. The smallest absolute Gasteiger partial charge is 0.0901 e. The first-order valence-corrected chi connectivity index (χ1v) is 7.09. The van der Waals surface area contributed by atoms with E-state index in [2.05, 4.69) is 46.5 Å². The third-order valence-electron chi connectivity index (χ3n) is 3.17. The molecule has 0 amide bonds. The largest absolute Gasteiger partial charge is 0.377 e. The first kappa shape index (κ1) is 12.2. The van der Waals surface area contributed by atoms with Gasteiger partial charge in [0.15, 0.2) is 0 Å². The lowest BCUT2D eigenvalue weighted by Crippen LogP contribution is -2.08. The van der Waals surface area contributed by atoms with E-state index in [4.69, 9.17) is 0 Å². The number of hydrogen-bond donors (Lipinski definition) is 2. The number of H-pyrrole nitrogens is 1. The Hall–Kier alpha value is -1.88. The third-order valence-corrected chi connectivity index (χ3v) is 4.07. The summed E-state index contributed by atoms with van der Waals surface area (Å²) in [5.74, 6) is 0. The van der Waals surface area contributed by atoms with Crippen LogP contribution >= 0.6 is 11.3 Å². The second-order valence-corrected chi connectivity index (χ2v) is 6.12. The van der Waals surface area contributed by atoms with Crippen LogP contribution in [-0.2, 0) is 0 Å². The van der Waals surface area contributed by atoms with Crippen molar-refractivity contribution in [1.82, 2.24) is 15.2 Å². The minimum Gasteiger partial charge on any atom is -0.377 e. The lowest BCUT2D eigenvalue weighted by atomic mass is 10.2. The average Bonchev–Trinajstić information content (AvgIpc) is 2.94. The van der Waals surface area contributed by atoms with E-state index in [0.29, 0.717) is 0 Å². The topological polar surface area (TPSA) is 53.6 Å². The molecule has 0 fully saturated rings. The molecule has 1 aromatic carbocycles. The fourth-order valence-electron chi connectivity index (χ4n) is 2.30. The Kier molecular flexibility index (Phi) is 2.98. The van der Waals surface area contributed by atoms with E-state index in [-0.39, 0.29) is 6.04 Å². The Bertz CT molecular complexity index is 713. The number of rotatable bonds is 3. The summed E-state index contributed by atoms with van der Waals surface area (Å²) in [5, 5.41) is 12.7. The molecule has 3 rings (SSSR count). The van der Waals surface area contributed by atoms with E-state index in [1.54, 1.807) is 11.3 Å². The Morgan fingerprint density at radius 3 is 2.89 bits per heavy atom. The van der Waals surface area contributed by atoms with Crippen LogP contribution in [0.3, 0.4) is 0 Å². The molecule has 3 aromatic rings. The Morgan fingerprint density at radius 2 is 2.16 bits per heavy atom. The Labute approximate surface area is 115 Å². The summed E-state index contributed by atoms with van der Waals surface area (Å²) in [6, 6.07) is 6.40. The van der Waals surface area contributed by atoms with Crippen molar-refractivity contribution < 1.29 is 0 Å². The van der Waals surface area contributed by atoms with Gasteiger partial charge in [-0.2, -0.15) is 5.10 Å². The van der Waals surface area contributed by atoms with Crippen LogP contribution in [0.2, 0.25) is 0 Å². The van der Waals surface area contributed by atoms with Crippen LogP contribution in [0.5, 0.6) is 0 Å². The van der Waals surface area contributed by atoms with Gasteiger partial charge in [-0.15, -0.1) is 11.3 Å². The Balaban J connectivity index is 1.85. The van der Waals surface area contributed by atoms with Gasteiger partial charge in [-0.1, -0.05) is 0 Å². The standard InChI is InChI=1S/C14H16N4S/c1-8(14-9(2)19-10(3)17-14)16-12-4-5-13-11(6-12)7-15-18-13/h4-8,16H,1-3H3,(H,15,18). The minimum atomic E-state index is 0.203. The van der Waals surface area contributed by atoms with Crippen LogP contribution in [0, 0.1) is 13.8 Å². The summed E-state index contributed by atoms with van der Waals surface area (Å²) in [6.45, 7) is 6.31. The van der Waals surface area contributed by atoms with E-state index in [9.17, 15) is 0 Å². The molecule has 2 N–H and O–H groups in total. The molecule has 98 valence electrons. The molecule has 0 saturated heterocycles. The van der Waals surface area contributed by atoms with Gasteiger partial charge in [-0.05, 0) is 39.0 Å². The van der Waals surface area contributed by atoms with Crippen molar-refractivity contribution in [3.63, 3.8) is 0 Å². The van der Waals surface area contributed by atoms with Crippen molar-refractivity contribution in [2.45, 2.75) is 26.8 Å².